The van der Waals surface area contributed by atoms with Gasteiger partial charge in [0.15, 0.2) is 0 Å². The van der Waals surface area contributed by atoms with Crippen LogP contribution in [0.5, 0.6) is 0 Å². The first-order valence-corrected chi connectivity index (χ1v) is 3.93. The molecular weight excluding hydrogens is 192 g/mol. The summed E-state index contributed by atoms with van der Waals surface area (Å²) in [5.74, 6) is -1.03. The maximum absolute atomic E-state index is 10.7. The van der Waals surface area contributed by atoms with Crippen LogP contribution in [0.2, 0.25) is 5.02 Å². The molecule has 4 nitrogen and oxygen atoms in total. The average Bonchev–Trinajstić information content (AvgIpc) is 2.52. The van der Waals surface area contributed by atoms with Gasteiger partial charge in [0.1, 0.15) is 0 Å². The van der Waals surface area contributed by atoms with E-state index in [0.717, 1.165) is 0 Å². The van der Waals surface area contributed by atoms with Gasteiger partial charge in [-0.3, -0.25) is 0 Å². The van der Waals surface area contributed by atoms with Crippen molar-refractivity contribution >= 4 is 23.1 Å². The molecule has 0 saturated carbocycles. The lowest BCUT2D eigenvalue weighted by Crippen LogP contribution is -1.99. The molecule has 1 N–H and O–H groups in total. The van der Waals surface area contributed by atoms with Crippen molar-refractivity contribution in [2.75, 3.05) is 0 Å². The minimum absolute atomic E-state index is 0.0923. The monoisotopic (exact) mass is 196 g/mol. The zero-order valence-electron chi connectivity index (χ0n) is 6.44. The Bertz CT molecular complexity index is 478. The fourth-order valence-corrected chi connectivity index (χ4v) is 1.42. The number of aromatic carboxylic acids is 1. The molecule has 66 valence electrons. The number of rotatable bonds is 1. The third kappa shape index (κ3) is 1.15. The zero-order valence-corrected chi connectivity index (χ0v) is 7.19. The lowest BCUT2D eigenvalue weighted by atomic mass is 10.2. The summed E-state index contributed by atoms with van der Waals surface area (Å²) in [5.41, 5.74) is 0.691. The van der Waals surface area contributed by atoms with Crippen LogP contribution in [0.25, 0.3) is 5.52 Å². The molecule has 0 aromatic carbocycles. The molecular formula is C8H5ClN2O2. The second-order valence-electron chi connectivity index (χ2n) is 2.51. The highest BCUT2D eigenvalue weighted by Gasteiger charge is 2.11. The number of fused-ring (bicyclic) bond motifs is 1. The Kier molecular flexibility index (Phi) is 1.70. The van der Waals surface area contributed by atoms with E-state index in [2.05, 4.69) is 5.10 Å². The van der Waals surface area contributed by atoms with Crippen LogP contribution < -0.4 is 0 Å². The summed E-state index contributed by atoms with van der Waals surface area (Å²) < 4.78 is 1.52. The molecule has 0 atom stereocenters. The topological polar surface area (TPSA) is 54.6 Å². The lowest BCUT2D eigenvalue weighted by Gasteiger charge is -1.99. The smallest absolute Gasteiger partial charge is 0.337 e. The minimum Gasteiger partial charge on any atom is -0.478 e. The van der Waals surface area contributed by atoms with Gasteiger partial charge in [0.25, 0.3) is 0 Å². The first kappa shape index (κ1) is 8.07. The van der Waals surface area contributed by atoms with Gasteiger partial charge < -0.3 is 5.11 Å². The average molecular weight is 197 g/mol. The highest BCUT2D eigenvalue weighted by Crippen LogP contribution is 2.21. The third-order valence-electron chi connectivity index (χ3n) is 1.74. The number of halogens is 1. The fourth-order valence-electron chi connectivity index (χ4n) is 1.13. The first-order chi connectivity index (χ1) is 6.20. The molecule has 0 aliphatic rings. The molecule has 0 fully saturated rings. The van der Waals surface area contributed by atoms with Crippen LogP contribution in [0.15, 0.2) is 24.5 Å². The normalized spacial score (nSPS) is 10.5. The molecule has 2 rings (SSSR count). The van der Waals surface area contributed by atoms with Gasteiger partial charge in [-0.2, -0.15) is 5.10 Å². The van der Waals surface area contributed by atoms with E-state index in [4.69, 9.17) is 16.7 Å². The van der Waals surface area contributed by atoms with Crippen molar-refractivity contribution in [3.63, 3.8) is 0 Å². The Morgan fingerprint density at radius 2 is 2.31 bits per heavy atom. The second kappa shape index (κ2) is 2.74. The number of aromatic nitrogens is 2. The molecule has 2 heterocycles. The SMILES string of the molecule is O=C(O)c1ccn2nccc2c1Cl. The zero-order chi connectivity index (χ0) is 9.42. The van der Waals surface area contributed by atoms with Crippen LogP contribution in [0, 0.1) is 0 Å². The third-order valence-corrected chi connectivity index (χ3v) is 2.14. The summed E-state index contributed by atoms with van der Waals surface area (Å²) in [7, 11) is 0. The number of hydrogen-bond donors (Lipinski definition) is 1. The number of nitrogens with zero attached hydrogens (tertiary/aromatic N) is 2. The molecule has 0 saturated heterocycles. The molecule has 5 heteroatoms. The van der Waals surface area contributed by atoms with Crippen molar-refractivity contribution in [3.8, 4) is 0 Å². The maximum Gasteiger partial charge on any atom is 0.337 e. The Morgan fingerprint density at radius 1 is 1.54 bits per heavy atom. The number of carboxylic acids is 1. The minimum atomic E-state index is -1.03. The summed E-state index contributed by atoms with van der Waals surface area (Å²) in [6.07, 6.45) is 3.12. The molecule has 0 amide bonds. The van der Waals surface area contributed by atoms with Gasteiger partial charge in [0.2, 0.25) is 0 Å². The standard InChI is InChI=1S/C8H5ClN2O2/c9-7-5(8(12)13)2-4-11-6(7)1-3-10-11/h1-4H,(H,12,13). The highest BCUT2D eigenvalue weighted by molar-refractivity contribution is 6.36. The van der Waals surface area contributed by atoms with E-state index >= 15 is 0 Å². The predicted molar refractivity (Wildman–Crippen MR) is 47.2 cm³/mol. The van der Waals surface area contributed by atoms with Gasteiger partial charge in [-0.25, -0.2) is 9.31 Å². The number of pyridine rings is 1. The van der Waals surface area contributed by atoms with E-state index < -0.39 is 5.97 Å². The van der Waals surface area contributed by atoms with Crippen molar-refractivity contribution in [3.05, 3.63) is 35.1 Å². The van der Waals surface area contributed by atoms with Crippen LogP contribution in [-0.4, -0.2) is 20.7 Å². The Hall–Kier alpha value is -1.55. The van der Waals surface area contributed by atoms with E-state index in [9.17, 15) is 4.79 Å². The van der Waals surface area contributed by atoms with Gasteiger partial charge in [-0.15, -0.1) is 0 Å². The molecule has 2 aromatic rings. The second-order valence-corrected chi connectivity index (χ2v) is 2.89. The first-order valence-electron chi connectivity index (χ1n) is 3.55. The Morgan fingerprint density at radius 3 is 3.00 bits per heavy atom. The van der Waals surface area contributed by atoms with Crippen LogP contribution in [-0.2, 0) is 0 Å². The molecule has 0 spiro atoms. The molecule has 0 bridgehead atoms. The van der Waals surface area contributed by atoms with E-state index in [-0.39, 0.29) is 10.6 Å². The highest BCUT2D eigenvalue weighted by atomic mass is 35.5. The van der Waals surface area contributed by atoms with Crippen LogP contribution in [0.3, 0.4) is 0 Å². The summed E-state index contributed by atoms with van der Waals surface area (Å²) in [5, 5.41) is 12.9. The van der Waals surface area contributed by atoms with Gasteiger partial charge in [-0.05, 0) is 12.1 Å². The summed E-state index contributed by atoms with van der Waals surface area (Å²) in [4.78, 5) is 10.7. The molecule has 13 heavy (non-hydrogen) atoms. The molecule has 0 aliphatic heterocycles. The van der Waals surface area contributed by atoms with Crippen molar-refractivity contribution in [1.29, 1.82) is 0 Å². The molecule has 2 aromatic heterocycles. The van der Waals surface area contributed by atoms with Gasteiger partial charge in [-0.1, -0.05) is 11.6 Å². The van der Waals surface area contributed by atoms with Crippen molar-refractivity contribution in [1.82, 2.24) is 9.61 Å². The van der Waals surface area contributed by atoms with E-state index in [1.54, 1.807) is 18.5 Å². The Labute approximate surface area is 78.4 Å². The number of carboxylic acid groups (broad SMARTS) is 1. The van der Waals surface area contributed by atoms with Crippen LogP contribution >= 0.6 is 11.6 Å². The largest absolute Gasteiger partial charge is 0.478 e. The van der Waals surface area contributed by atoms with Crippen molar-refractivity contribution in [2.24, 2.45) is 0 Å². The number of hydrogen-bond acceptors (Lipinski definition) is 2. The summed E-state index contributed by atoms with van der Waals surface area (Å²) in [6, 6.07) is 3.08. The molecule has 0 unspecified atom stereocenters. The lowest BCUT2D eigenvalue weighted by molar-refractivity contribution is 0.0697. The molecule has 0 aliphatic carbocycles. The fraction of sp³-hybridized carbons (Fsp3) is 0. The van der Waals surface area contributed by atoms with Gasteiger partial charge in [0.05, 0.1) is 22.3 Å². The van der Waals surface area contributed by atoms with Crippen LogP contribution in [0.1, 0.15) is 10.4 Å². The van der Waals surface area contributed by atoms with Gasteiger partial charge >= 0.3 is 5.97 Å². The quantitative estimate of drug-likeness (QED) is 0.755. The van der Waals surface area contributed by atoms with E-state index in [1.165, 1.54) is 10.6 Å². The predicted octanol–water partition coefficient (Wildman–Crippen LogP) is 1.69. The number of carbonyl (C=O) groups is 1. The Balaban J connectivity index is 2.80. The van der Waals surface area contributed by atoms with E-state index in [1.807, 2.05) is 0 Å². The van der Waals surface area contributed by atoms with Crippen molar-refractivity contribution < 1.29 is 9.90 Å². The maximum atomic E-state index is 10.7. The van der Waals surface area contributed by atoms with Gasteiger partial charge in [0, 0.05) is 6.20 Å². The van der Waals surface area contributed by atoms with Crippen molar-refractivity contribution in [2.45, 2.75) is 0 Å². The summed E-state index contributed by atoms with van der Waals surface area (Å²) >= 11 is 5.84. The van der Waals surface area contributed by atoms with Crippen LogP contribution in [0.4, 0.5) is 0 Å². The summed E-state index contributed by atoms with van der Waals surface area (Å²) in [6.45, 7) is 0. The van der Waals surface area contributed by atoms with E-state index in [0.29, 0.717) is 5.52 Å². The molecule has 0 radical (unpaired) electrons.